The summed E-state index contributed by atoms with van der Waals surface area (Å²) in [5, 5.41) is 11.1. The standard InChI is InChI=1S/C33H30F5N5O2/c1-2-21-24(35)6-4-17-10-20(44)11-22(26(17)21)29-27(36)30-23(14-40-29)28(18-5-7-25(39)33(37,38)12-18)41-31(42-30)45-16-32-8-3-9-43(32)15-19(34)13-32/h1,4,6,10-11,14,18-19,25,44H,3,5,7-9,12-13,15-16,39H2/t18?,19-,25-,32+/m1/s1. The van der Waals surface area contributed by atoms with Crippen LogP contribution in [0.25, 0.3) is 32.9 Å². The molecular weight excluding hydrogens is 593 g/mol. The van der Waals surface area contributed by atoms with Gasteiger partial charge in [-0.25, -0.2) is 22.0 Å². The molecule has 3 aliphatic rings. The van der Waals surface area contributed by atoms with Crippen LogP contribution in [0.15, 0.2) is 30.5 Å². The van der Waals surface area contributed by atoms with Gasteiger partial charge >= 0.3 is 6.01 Å². The third-order valence-corrected chi connectivity index (χ3v) is 9.65. The molecule has 4 atom stereocenters. The molecule has 0 amide bonds. The van der Waals surface area contributed by atoms with E-state index in [1.807, 2.05) is 4.90 Å². The summed E-state index contributed by atoms with van der Waals surface area (Å²) in [7, 11) is 0. The van der Waals surface area contributed by atoms with E-state index in [9.17, 15) is 22.7 Å². The van der Waals surface area contributed by atoms with Gasteiger partial charge in [0, 0.05) is 47.8 Å². The number of hydrogen-bond donors (Lipinski definition) is 2. The quantitative estimate of drug-likeness (QED) is 0.208. The summed E-state index contributed by atoms with van der Waals surface area (Å²) in [5.74, 6) is -3.57. The number of ether oxygens (including phenoxy) is 1. The normalized spacial score (nSPS) is 26.3. The lowest BCUT2D eigenvalue weighted by Gasteiger charge is -2.34. The van der Waals surface area contributed by atoms with Gasteiger partial charge in [0.1, 0.15) is 35.6 Å². The van der Waals surface area contributed by atoms with Gasteiger partial charge in [0.05, 0.1) is 22.8 Å². The summed E-state index contributed by atoms with van der Waals surface area (Å²) >= 11 is 0. The van der Waals surface area contributed by atoms with Crippen molar-refractivity contribution in [1.82, 2.24) is 19.9 Å². The minimum atomic E-state index is -3.17. The Balaban J connectivity index is 1.39. The van der Waals surface area contributed by atoms with Crippen LogP contribution >= 0.6 is 0 Å². The van der Waals surface area contributed by atoms with Gasteiger partial charge in [0.2, 0.25) is 0 Å². The molecule has 4 heterocycles. The zero-order valence-electron chi connectivity index (χ0n) is 24.2. The van der Waals surface area contributed by atoms with E-state index in [1.165, 1.54) is 24.4 Å². The Morgan fingerprint density at radius 2 is 1.98 bits per heavy atom. The van der Waals surface area contributed by atoms with Crippen molar-refractivity contribution >= 4 is 21.7 Å². The van der Waals surface area contributed by atoms with Crippen LogP contribution in [0.3, 0.4) is 0 Å². The first kappa shape index (κ1) is 29.6. The van der Waals surface area contributed by atoms with E-state index in [0.717, 1.165) is 19.0 Å². The first-order valence-electron chi connectivity index (χ1n) is 14.9. The molecule has 7 nitrogen and oxygen atoms in total. The number of aromatic hydroxyl groups is 1. The van der Waals surface area contributed by atoms with Crippen molar-refractivity contribution in [3.05, 3.63) is 53.4 Å². The molecule has 0 radical (unpaired) electrons. The number of fused-ring (bicyclic) bond motifs is 3. The number of halogens is 5. The van der Waals surface area contributed by atoms with Gasteiger partial charge in [-0.05, 0) is 55.8 Å². The number of benzene rings is 2. The van der Waals surface area contributed by atoms with Crippen LogP contribution in [0.1, 0.15) is 55.7 Å². The molecule has 2 aromatic heterocycles. The Kier molecular flexibility index (Phi) is 7.09. The smallest absolute Gasteiger partial charge is 0.317 e. The second-order valence-corrected chi connectivity index (χ2v) is 12.4. The average Bonchev–Trinajstić information content (AvgIpc) is 3.53. The van der Waals surface area contributed by atoms with Crippen LogP contribution in [0.5, 0.6) is 11.8 Å². The van der Waals surface area contributed by atoms with E-state index in [4.69, 9.17) is 16.9 Å². The molecule has 1 aliphatic carbocycles. The lowest BCUT2D eigenvalue weighted by molar-refractivity contribution is -0.0585. The van der Waals surface area contributed by atoms with Crippen LogP contribution in [-0.2, 0) is 0 Å². The van der Waals surface area contributed by atoms with Crippen LogP contribution < -0.4 is 10.5 Å². The fourth-order valence-electron chi connectivity index (χ4n) is 7.43. The molecule has 0 bridgehead atoms. The zero-order chi connectivity index (χ0) is 31.7. The van der Waals surface area contributed by atoms with E-state index in [1.54, 1.807) is 0 Å². The van der Waals surface area contributed by atoms with E-state index in [2.05, 4.69) is 20.9 Å². The van der Waals surface area contributed by atoms with E-state index in [0.29, 0.717) is 18.4 Å². The highest BCUT2D eigenvalue weighted by Gasteiger charge is 2.49. The number of phenols is 1. The molecule has 1 unspecified atom stereocenters. The highest BCUT2D eigenvalue weighted by Crippen LogP contribution is 2.45. The van der Waals surface area contributed by atoms with Crippen LogP contribution in [0.4, 0.5) is 22.0 Å². The summed E-state index contributed by atoms with van der Waals surface area (Å²) in [4.78, 5) is 15.2. The van der Waals surface area contributed by atoms with Crippen molar-refractivity contribution in [2.75, 3.05) is 19.7 Å². The van der Waals surface area contributed by atoms with Gasteiger partial charge in [-0.1, -0.05) is 12.0 Å². The largest absolute Gasteiger partial charge is 0.508 e. The van der Waals surface area contributed by atoms with Gasteiger partial charge in [0.15, 0.2) is 5.82 Å². The van der Waals surface area contributed by atoms with Crippen molar-refractivity contribution < 1.29 is 31.8 Å². The van der Waals surface area contributed by atoms with E-state index >= 15 is 4.39 Å². The maximum absolute atomic E-state index is 16.6. The number of rotatable bonds is 5. The van der Waals surface area contributed by atoms with Gasteiger partial charge in [-0.15, -0.1) is 6.42 Å². The molecule has 45 heavy (non-hydrogen) atoms. The molecule has 12 heteroatoms. The third-order valence-electron chi connectivity index (χ3n) is 9.65. The number of aromatic nitrogens is 3. The van der Waals surface area contributed by atoms with E-state index in [-0.39, 0.29) is 76.4 Å². The van der Waals surface area contributed by atoms with Gasteiger partial charge in [0.25, 0.3) is 5.92 Å². The fraction of sp³-hybridized carbons (Fsp3) is 0.424. The highest BCUT2D eigenvalue weighted by molar-refractivity contribution is 6.02. The van der Waals surface area contributed by atoms with Crippen molar-refractivity contribution in [1.29, 1.82) is 0 Å². The molecule has 2 aromatic carbocycles. The Morgan fingerprint density at radius 3 is 2.76 bits per heavy atom. The number of nitrogens with two attached hydrogens (primary N) is 1. The topological polar surface area (TPSA) is 97.4 Å². The molecular formula is C33H30F5N5O2. The van der Waals surface area contributed by atoms with Crippen LogP contribution in [-0.4, -0.2) is 68.3 Å². The SMILES string of the molecule is C#Cc1c(F)ccc2cc(O)cc(-c3ncc4c(C5CC[C@@H](N)C(F)(F)C5)nc(OC[C@@]56CCCN5C[C@H](F)C6)nc4c3F)c12. The van der Waals surface area contributed by atoms with Crippen molar-refractivity contribution in [2.24, 2.45) is 5.73 Å². The maximum atomic E-state index is 16.6. The van der Waals surface area contributed by atoms with Crippen LogP contribution in [0, 0.1) is 24.0 Å². The Morgan fingerprint density at radius 1 is 1.16 bits per heavy atom. The number of phenolic OH excluding ortho intramolecular Hbond substituents is 1. The average molecular weight is 624 g/mol. The molecule has 2 saturated heterocycles. The summed E-state index contributed by atoms with van der Waals surface area (Å²) in [5.41, 5.74) is 4.64. The maximum Gasteiger partial charge on any atom is 0.317 e. The minimum absolute atomic E-state index is 0.0232. The van der Waals surface area contributed by atoms with Gasteiger partial charge in [-0.2, -0.15) is 9.97 Å². The Hall–Kier alpha value is -4.08. The second kappa shape index (κ2) is 10.8. The predicted molar refractivity (Wildman–Crippen MR) is 158 cm³/mol. The van der Waals surface area contributed by atoms with Gasteiger partial charge in [-0.3, -0.25) is 9.88 Å². The monoisotopic (exact) mass is 623 g/mol. The lowest BCUT2D eigenvalue weighted by Crippen LogP contribution is -2.45. The lowest BCUT2D eigenvalue weighted by atomic mass is 9.81. The summed E-state index contributed by atoms with van der Waals surface area (Å²) in [6.45, 7) is 1.07. The van der Waals surface area contributed by atoms with Crippen molar-refractivity contribution in [3.63, 3.8) is 0 Å². The number of hydrogen-bond acceptors (Lipinski definition) is 7. The fourth-order valence-corrected chi connectivity index (χ4v) is 7.43. The van der Waals surface area contributed by atoms with Crippen LogP contribution in [0.2, 0.25) is 0 Å². The first-order valence-corrected chi connectivity index (χ1v) is 14.9. The zero-order valence-corrected chi connectivity index (χ0v) is 24.2. The number of pyridine rings is 1. The van der Waals surface area contributed by atoms with Crippen molar-refractivity contribution in [3.8, 4) is 35.4 Å². The summed E-state index contributed by atoms with van der Waals surface area (Å²) < 4.78 is 81.5. The Labute approximate surface area is 255 Å². The number of alkyl halides is 3. The van der Waals surface area contributed by atoms with Gasteiger partial charge < -0.3 is 15.6 Å². The molecule has 4 aromatic rings. The highest BCUT2D eigenvalue weighted by atomic mass is 19.3. The molecule has 0 spiro atoms. The molecule has 234 valence electrons. The molecule has 3 fully saturated rings. The summed E-state index contributed by atoms with van der Waals surface area (Å²) in [6.07, 6.45) is 7.45. The molecule has 7 rings (SSSR count). The molecule has 1 saturated carbocycles. The minimum Gasteiger partial charge on any atom is -0.508 e. The first-order chi connectivity index (χ1) is 21.5. The predicted octanol–water partition coefficient (Wildman–Crippen LogP) is 6.00. The third kappa shape index (κ3) is 4.93. The summed E-state index contributed by atoms with van der Waals surface area (Å²) in [6, 6.07) is 3.61. The van der Waals surface area contributed by atoms with Crippen molar-refractivity contribution in [2.45, 2.75) is 68.1 Å². The molecule has 2 aliphatic heterocycles. The van der Waals surface area contributed by atoms with E-state index < -0.39 is 47.6 Å². The molecule has 3 N–H and O–H groups in total. The second-order valence-electron chi connectivity index (χ2n) is 12.4. The Bertz CT molecular complexity index is 1880. The number of terminal acetylenes is 1. The number of nitrogens with zero attached hydrogens (tertiary/aromatic N) is 4.